The largest absolute Gasteiger partial charge is 0.510 e. The van der Waals surface area contributed by atoms with E-state index in [2.05, 4.69) is 11.9 Å². The predicted octanol–water partition coefficient (Wildman–Crippen LogP) is 3.94. The van der Waals surface area contributed by atoms with Crippen LogP contribution in [-0.4, -0.2) is 23.0 Å². The van der Waals surface area contributed by atoms with Crippen molar-refractivity contribution in [3.05, 3.63) is 36.1 Å². The van der Waals surface area contributed by atoms with E-state index in [-0.39, 0.29) is 11.5 Å². The van der Waals surface area contributed by atoms with Crippen molar-refractivity contribution in [1.29, 1.82) is 0 Å². The number of carbonyl (C=O) groups excluding carboxylic acids is 1. The third-order valence-electron chi connectivity index (χ3n) is 3.00. The fourth-order valence-corrected chi connectivity index (χ4v) is 1.66. The molecule has 0 atom stereocenters. The first-order chi connectivity index (χ1) is 9.27. The highest BCUT2D eigenvalue weighted by atomic mass is 16.5. The van der Waals surface area contributed by atoms with E-state index < -0.39 is 5.54 Å². The molecule has 0 unspecified atom stereocenters. The number of Topliss-reactive ketones (excluding diaryl/α,β-unsaturated/α-hetero) is 1. The maximum absolute atomic E-state index is 11.6. The minimum Gasteiger partial charge on any atom is -0.510 e. The Labute approximate surface area is 120 Å². The van der Waals surface area contributed by atoms with Gasteiger partial charge >= 0.3 is 0 Å². The van der Waals surface area contributed by atoms with Crippen LogP contribution in [0, 0.1) is 0 Å². The fourth-order valence-electron chi connectivity index (χ4n) is 1.66. The topological polar surface area (TPSA) is 58.6 Å². The third kappa shape index (κ3) is 4.02. The molecule has 0 aliphatic rings. The molecular weight excluding hydrogens is 254 g/mol. The summed E-state index contributed by atoms with van der Waals surface area (Å²) in [6, 6.07) is 5.29. The van der Waals surface area contributed by atoms with Gasteiger partial charge in [0.05, 0.1) is 17.7 Å². The van der Waals surface area contributed by atoms with Crippen LogP contribution in [0.25, 0.3) is 0 Å². The summed E-state index contributed by atoms with van der Waals surface area (Å²) >= 11 is 0. The molecule has 0 aliphatic carbocycles. The predicted molar refractivity (Wildman–Crippen MR) is 81.7 cm³/mol. The zero-order valence-electron chi connectivity index (χ0n) is 12.6. The minimum absolute atomic E-state index is 0.0338. The van der Waals surface area contributed by atoms with Crippen molar-refractivity contribution in [2.45, 2.75) is 39.7 Å². The molecule has 20 heavy (non-hydrogen) atoms. The van der Waals surface area contributed by atoms with Gasteiger partial charge < -0.3 is 15.2 Å². The lowest BCUT2D eigenvalue weighted by molar-refractivity contribution is 0.101. The standard InChI is InChI=1S/C16H23NO3/c1-6-9-20-15-10-13(7-8-14(15)11(2)18)17-16(4,5)12(3)19/h7-8,10,17,19H,3,6,9H2,1-2,4-5H3. The van der Waals surface area contributed by atoms with E-state index in [1.54, 1.807) is 18.2 Å². The van der Waals surface area contributed by atoms with Gasteiger partial charge in [-0.05, 0) is 39.3 Å². The van der Waals surface area contributed by atoms with E-state index in [0.717, 1.165) is 12.1 Å². The SMILES string of the molecule is C=C(O)C(C)(C)Nc1ccc(C(C)=O)c(OCCC)c1. The highest BCUT2D eigenvalue weighted by Crippen LogP contribution is 2.27. The second-order valence-corrected chi connectivity index (χ2v) is 5.31. The summed E-state index contributed by atoms with van der Waals surface area (Å²) in [6.07, 6.45) is 0.869. The van der Waals surface area contributed by atoms with Crippen LogP contribution < -0.4 is 10.1 Å². The zero-order valence-corrected chi connectivity index (χ0v) is 12.6. The van der Waals surface area contributed by atoms with Crippen molar-refractivity contribution in [3.8, 4) is 5.75 Å². The van der Waals surface area contributed by atoms with Crippen molar-refractivity contribution in [1.82, 2.24) is 0 Å². The Hall–Kier alpha value is -1.97. The normalized spacial score (nSPS) is 11.0. The Morgan fingerprint density at radius 1 is 1.45 bits per heavy atom. The molecule has 0 aliphatic heterocycles. The van der Waals surface area contributed by atoms with Crippen LogP contribution in [-0.2, 0) is 0 Å². The Bertz CT molecular complexity index is 506. The maximum atomic E-state index is 11.6. The Kier molecular flexibility index (Phi) is 5.19. The van der Waals surface area contributed by atoms with Gasteiger partial charge in [-0.3, -0.25) is 4.79 Å². The zero-order chi connectivity index (χ0) is 15.3. The second kappa shape index (κ2) is 6.46. The molecule has 0 bridgehead atoms. The van der Waals surface area contributed by atoms with Gasteiger partial charge in [-0.15, -0.1) is 0 Å². The summed E-state index contributed by atoms with van der Waals surface area (Å²) in [5.74, 6) is 0.571. The number of ketones is 1. The van der Waals surface area contributed by atoms with Crippen molar-refractivity contribution in [2.24, 2.45) is 0 Å². The highest BCUT2D eigenvalue weighted by Gasteiger charge is 2.21. The molecule has 1 aromatic rings. The summed E-state index contributed by atoms with van der Waals surface area (Å²) < 4.78 is 5.62. The fraction of sp³-hybridized carbons (Fsp3) is 0.438. The Morgan fingerprint density at radius 3 is 2.60 bits per heavy atom. The second-order valence-electron chi connectivity index (χ2n) is 5.31. The summed E-state index contributed by atoms with van der Waals surface area (Å²) in [7, 11) is 0. The van der Waals surface area contributed by atoms with Gasteiger partial charge in [0.15, 0.2) is 5.78 Å². The summed E-state index contributed by atoms with van der Waals surface area (Å²) in [5.41, 5.74) is 0.672. The number of ether oxygens (including phenoxy) is 1. The van der Waals surface area contributed by atoms with E-state index in [9.17, 15) is 9.90 Å². The quantitative estimate of drug-likeness (QED) is 0.585. The van der Waals surface area contributed by atoms with E-state index in [1.807, 2.05) is 20.8 Å². The molecule has 0 spiro atoms. The molecular formula is C16H23NO3. The van der Waals surface area contributed by atoms with E-state index in [1.165, 1.54) is 6.92 Å². The van der Waals surface area contributed by atoms with Gasteiger partial charge in [0.2, 0.25) is 0 Å². The van der Waals surface area contributed by atoms with E-state index in [4.69, 9.17) is 4.74 Å². The van der Waals surface area contributed by atoms with Gasteiger partial charge in [0.25, 0.3) is 0 Å². The Morgan fingerprint density at radius 2 is 2.10 bits per heavy atom. The number of rotatable bonds is 7. The molecule has 1 aromatic carbocycles. The van der Waals surface area contributed by atoms with Crippen molar-refractivity contribution >= 4 is 11.5 Å². The first kappa shape index (κ1) is 16.1. The molecule has 0 amide bonds. The summed E-state index contributed by atoms with van der Waals surface area (Å²) in [4.78, 5) is 11.6. The molecule has 110 valence electrons. The minimum atomic E-state index is -0.653. The number of benzene rings is 1. The molecule has 0 radical (unpaired) electrons. The number of nitrogens with one attached hydrogen (secondary N) is 1. The number of carbonyl (C=O) groups is 1. The number of aliphatic hydroxyl groups is 1. The van der Waals surface area contributed by atoms with Crippen LogP contribution in [0.4, 0.5) is 5.69 Å². The number of hydrogen-bond donors (Lipinski definition) is 2. The molecule has 1 rings (SSSR count). The van der Waals surface area contributed by atoms with Crippen LogP contribution in [0.1, 0.15) is 44.5 Å². The number of aliphatic hydroxyl groups excluding tert-OH is 1. The van der Waals surface area contributed by atoms with Crippen molar-refractivity contribution in [2.75, 3.05) is 11.9 Å². The average Bonchev–Trinajstić information content (AvgIpc) is 2.35. The van der Waals surface area contributed by atoms with Crippen LogP contribution in [0.15, 0.2) is 30.5 Å². The van der Waals surface area contributed by atoms with Crippen LogP contribution in [0.2, 0.25) is 0 Å². The van der Waals surface area contributed by atoms with E-state index >= 15 is 0 Å². The van der Waals surface area contributed by atoms with Crippen LogP contribution >= 0.6 is 0 Å². The molecule has 0 saturated heterocycles. The lowest BCUT2D eigenvalue weighted by Crippen LogP contribution is -2.32. The molecule has 4 nitrogen and oxygen atoms in total. The van der Waals surface area contributed by atoms with Gasteiger partial charge in [-0.2, -0.15) is 0 Å². The number of anilines is 1. The molecule has 0 aromatic heterocycles. The van der Waals surface area contributed by atoms with Crippen LogP contribution in [0.3, 0.4) is 0 Å². The van der Waals surface area contributed by atoms with Crippen molar-refractivity contribution in [3.63, 3.8) is 0 Å². The Balaban J connectivity index is 3.06. The monoisotopic (exact) mass is 277 g/mol. The maximum Gasteiger partial charge on any atom is 0.163 e. The van der Waals surface area contributed by atoms with Crippen molar-refractivity contribution < 1.29 is 14.6 Å². The van der Waals surface area contributed by atoms with E-state index in [0.29, 0.717) is 17.9 Å². The molecule has 4 heteroatoms. The summed E-state index contributed by atoms with van der Waals surface area (Å²) in [5, 5.41) is 12.7. The molecule has 2 N–H and O–H groups in total. The van der Waals surface area contributed by atoms with Gasteiger partial charge in [0, 0.05) is 11.8 Å². The first-order valence-electron chi connectivity index (χ1n) is 6.72. The lowest BCUT2D eigenvalue weighted by Gasteiger charge is -2.26. The smallest absolute Gasteiger partial charge is 0.163 e. The van der Waals surface area contributed by atoms with Gasteiger partial charge in [-0.1, -0.05) is 13.5 Å². The third-order valence-corrected chi connectivity index (χ3v) is 3.00. The summed E-state index contributed by atoms with van der Waals surface area (Å²) in [6.45, 7) is 11.3. The molecule has 0 saturated carbocycles. The molecule has 0 heterocycles. The van der Waals surface area contributed by atoms with Gasteiger partial charge in [-0.25, -0.2) is 0 Å². The van der Waals surface area contributed by atoms with Crippen LogP contribution in [0.5, 0.6) is 5.75 Å². The average molecular weight is 277 g/mol. The highest BCUT2D eigenvalue weighted by molar-refractivity contribution is 5.97. The van der Waals surface area contributed by atoms with Gasteiger partial charge in [0.1, 0.15) is 11.5 Å². The number of hydrogen-bond acceptors (Lipinski definition) is 4. The first-order valence-corrected chi connectivity index (χ1v) is 6.72. The lowest BCUT2D eigenvalue weighted by atomic mass is 10.0. The molecule has 0 fully saturated rings.